The largest absolute Gasteiger partial charge is 0.399 e. The number of amides is 1. The number of carbonyl (C=O) groups is 1. The molecule has 19 heavy (non-hydrogen) atoms. The third kappa shape index (κ3) is 3.24. The zero-order valence-corrected chi connectivity index (χ0v) is 12.3. The van der Waals surface area contributed by atoms with E-state index in [9.17, 15) is 13.2 Å². The maximum atomic E-state index is 12.4. The van der Waals surface area contributed by atoms with Crippen molar-refractivity contribution in [2.24, 2.45) is 0 Å². The molecule has 1 aromatic rings. The summed E-state index contributed by atoms with van der Waals surface area (Å²) < 4.78 is 25.9. The number of hydrogen-bond donors (Lipinski definition) is 2. The van der Waals surface area contributed by atoms with E-state index < -0.39 is 10.0 Å². The van der Waals surface area contributed by atoms with Gasteiger partial charge in [0.15, 0.2) is 0 Å². The number of sulfonamides is 1. The Morgan fingerprint density at radius 1 is 1.32 bits per heavy atom. The Balaban J connectivity index is 3.24. The second-order valence-electron chi connectivity index (χ2n) is 4.42. The molecule has 0 unspecified atom stereocenters. The van der Waals surface area contributed by atoms with Crippen LogP contribution in [0.4, 0.5) is 5.69 Å². The number of likely N-dealkylation sites (N-methyl/N-ethyl adjacent to an activating group) is 2. The van der Waals surface area contributed by atoms with E-state index in [-0.39, 0.29) is 17.3 Å². The van der Waals surface area contributed by atoms with Gasteiger partial charge in [0.05, 0.1) is 11.4 Å². The SMILES string of the molecule is CNC(=O)CN(C)S(=O)(=O)c1c(C)cc(N)cc1C. The first-order valence-electron chi connectivity index (χ1n) is 5.73. The molecule has 1 aromatic carbocycles. The number of benzene rings is 1. The minimum atomic E-state index is -3.71. The third-order valence-electron chi connectivity index (χ3n) is 2.80. The van der Waals surface area contributed by atoms with E-state index in [1.807, 2.05) is 0 Å². The summed E-state index contributed by atoms with van der Waals surface area (Å²) in [5, 5.41) is 2.39. The fourth-order valence-electron chi connectivity index (χ4n) is 1.91. The first-order valence-corrected chi connectivity index (χ1v) is 7.17. The Kier molecular flexibility index (Phi) is 4.54. The van der Waals surface area contributed by atoms with Crippen LogP contribution in [0.1, 0.15) is 11.1 Å². The zero-order valence-electron chi connectivity index (χ0n) is 11.5. The second kappa shape index (κ2) is 5.58. The lowest BCUT2D eigenvalue weighted by Gasteiger charge is -2.19. The van der Waals surface area contributed by atoms with Gasteiger partial charge in [-0.2, -0.15) is 4.31 Å². The van der Waals surface area contributed by atoms with Gasteiger partial charge < -0.3 is 11.1 Å². The van der Waals surface area contributed by atoms with E-state index in [0.717, 1.165) is 4.31 Å². The summed E-state index contributed by atoms with van der Waals surface area (Å²) in [7, 11) is -0.870. The Labute approximate surface area is 113 Å². The van der Waals surface area contributed by atoms with Gasteiger partial charge >= 0.3 is 0 Å². The highest BCUT2D eigenvalue weighted by atomic mass is 32.2. The van der Waals surface area contributed by atoms with Crippen LogP contribution in [0.25, 0.3) is 0 Å². The fourth-order valence-corrected chi connectivity index (χ4v) is 3.44. The number of aryl methyl sites for hydroxylation is 2. The van der Waals surface area contributed by atoms with Gasteiger partial charge in [0.2, 0.25) is 15.9 Å². The molecule has 0 spiro atoms. The number of nitrogen functional groups attached to an aromatic ring is 1. The predicted molar refractivity (Wildman–Crippen MR) is 74.2 cm³/mol. The van der Waals surface area contributed by atoms with Gasteiger partial charge in [-0.3, -0.25) is 4.79 Å². The number of carbonyl (C=O) groups excluding carboxylic acids is 1. The molecule has 0 bridgehead atoms. The molecular formula is C12H19N3O3S. The van der Waals surface area contributed by atoms with Gasteiger partial charge in [0.25, 0.3) is 0 Å². The monoisotopic (exact) mass is 285 g/mol. The molecule has 0 atom stereocenters. The van der Waals surface area contributed by atoms with Crippen molar-refractivity contribution in [2.75, 3.05) is 26.4 Å². The molecule has 7 heteroatoms. The molecule has 0 fully saturated rings. The number of rotatable bonds is 4. The van der Waals surface area contributed by atoms with E-state index in [1.54, 1.807) is 26.0 Å². The Bertz CT molecular complexity index is 573. The van der Waals surface area contributed by atoms with Crippen LogP contribution >= 0.6 is 0 Å². The van der Waals surface area contributed by atoms with Crippen molar-refractivity contribution in [3.8, 4) is 0 Å². The molecule has 1 amide bonds. The van der Waals surface area contributed by atoms with Gasteiger partial charge in [-0.05, 0) is 37.1 Å². The van der Waals surface area contributed by atoms with Gasteiger partial charge in [0, 0.05) is 19.8 Å². The number of hydrogen-bond acceptors (Lipinski definition) is 4. The summed E-state index contributed by atoms with van der Waals surface area (Å²) in [6, 6.07) is 3.21. The van der Waals surface area contributed by atoms with Crippen LogP contribution in [0.5, 0.6) is 0 Å². The molecule has 0 radical (unpaired) electrons. The lowest BCUT2D eigenvalue weighted by atomic mass is 10.1. The highest BCUT2D eigenvalue weighted by Crippen LogP contribution is 2.25. The summed E-state index contributed by atoms with van der Waals surface area (Å²) >= 11 is 0. The second-order valence-corrected chi connectivity index (χ2v) is 6.40. The molecule has 0 aliphatic heterocycles. The molecule has 0 saturated carbocycles. The molecule has 0 aliphatic rings. The normalized spacial score (nSPS) is 11.6. The number of nitrogens with one attached hydrogen (secondary N) is 1. The smallest absolute Gasteiger partial charge is 0.243 e. The van der Waals surface area contributed by atoms with Crippen LogP contribution in [0.15, 0.2) is 17.0 Å². The van der Waals surface area contributed by atoms with E-state index in [0.29, 0.717) is 16.8 Å². The first kappa shape index (κ1) is 15.5. The third-order valence-corrected chi connectivity index (χ3v) is 4.91. The number of nitrogens with two attached hydrogens (primary N) is 1. The van der Waals surface area contributed by atoms with Crippen LogP contribution < -0.4 is 11.1 Å². The van der Waals surface area contributed by atoms with Crippen LogP contribution in [0, 0.1) is 13.8 Å². The zero-order chi connectivity index (χ0) is 14.8. The molecule has 106 valence electrons. The maximum absolute atomic E-state index is 12.4. The summed E-state index contributed by atoms with van der Waals surface area (Å²) in [5.74, 6) is -0.364. The van der Waals surface area contributed by atoms with E-state index in [1.165, 1.54) is 14.1 Å². The van der Waals surface area contributed by atoms with Crippen molar-refractivity contribution >= 4 is 21.6 Å². The topological polar surface area (TPSA) is 92.5 Å². The van der Waals surface area contributed by atoms with Gasteiger partial charge in [-0.15, -0.1) is 0 Å². The maximum Gasteiger partial charge on any atom is 0.243 e. The number of nitrogens with zero attached hydrogens (tertiary/aromatic N) is 1. The molecule has 0 aromatic heterocycles. The Morgan fingerprint density at radius 3 is 2.21 bits per heavy atom. The van der Waals surface area contributed by atoms with Gasteiger partial charge in [-0.25, -0.2) is 8.42 Å². The minimum Gasteiger partial charge on any atom is -0.399 e. The Morgan fingerprint density at radius 2 is 1.79 bits per heavy atom. The molecule has 3 N–H and O–H groups in total. The van der Waals surface area contributed by atoms with Crippen LogP contribution in [0.2, 0.25) is 0 Å². The molecule has 0 saturated heterocycles. The van der Waals surface area contributed by atoms with Crippen LogP contribution in [0.3, 0.4) is 0 Å². The fraction of sp³-hybridized carbons (Fsp3) is 0.417. The van der Waals surface area contributed by atoms with Crippen molar-refractivity contribution < 1.29 is 13.2 Å². The molecule has 6 nitrogen and oxygen atoms in total. The van der Waals surface area contributed by atoms with Crippen molar-refractivity contribution in [2.45, 2.75) is 18.7 Å². The summed E-state index contributed by atoms with van der Waals surface area (Å²) in [6.07, 6.45) is 0. The van der Waals surface area contributed by atoms with Crippen molar-refractivity contribution in [1.82, 2.24) is 9.62 Å². The first-order chi connectivity index (χ1) is 8.70. The van der Waals surface area contributed by atoms with Gasteiger partial charge in [0.1, 0.15) is 0 Å². The Hall–Kier alpha value is -1.60. The number of anilines is 1. The molecule has 0 aliphatic carbocycles. The van der Waals surface area contributed by atoms with E-state index >= 15 is 0 Å². The van der Waals surface area contributed by atoms with Crippen LogP contribution in [-0.4, -0.2) is 39.3 Å². The summed E-state index contributed by atoms with van der Waals surface area (Å²) in [4.78, 5) is 11.5. The highest BCUT2D eigenvalue weighted by molar-refractivity contribution is 7.89. The van der Waals surface area contributed by atoms with E-state index in [4.69, 9.17) is 5.73 Å². The molecule has 0 heterocycles. The van der Waals surface area contributed by atoms with Crippen molar-refractivity contribution in [3.63, 3.8) is 0 Å². The van der Waals surface area contributed by atoms with Crippen LogP contribution in [-0.2, 0) is 14.8 Å². The summed E-state index contributed by atoms with van der Waals surface area (Å²) in [5.41, 5.74) is 7.34. The average molecular weight is 285 g/mol. The minimum absolute atomic E-state index is 0.202. The quantitative estimate of drug-likeness (QED) is 0.776. The standard InChI is InChI=1S/C12H19N3O3S/c1-8-5-10(13)6-9(2)12(8)19(17,18)15(4)7-11(16)14-3/h5-6H,7,13H2,1-4H3,(H,14,16). The highest BCUT2D eigenvalue weighted by Gasteiger charge is 2.26. The predicted octanol–water partition coefficient (Wildman–Crippen LogP) is 0.252. The lowest BCUT2D eigenvalue weighted by molar-refractivity contribution is -0.120. The average Bonchev–Trinajstić information content (AvgIpc) is 2.26. The van der Waals surface area contributed by atoms with Crippen molar-refractivity contribution in [3.05, 3.63) is 23.3 Å². The molecule has 1 rings (SSSR count). The lowest BCUT2D eigenvalue weighted by Crippen LogP contribution is -2.37. The van der Waals surface area contributed by atoms with E-state index in [2.05, 4.69) is 5.32 Å². The summed E-state index contributed by atoms with van der Waals surface area (Å²) in [6.45, 7) is 3.15. The van der Waals surface area contributed by atoms with Crippen molar-refractivity contribution in [1.29, 1.82) is 0 Å². The molecular weight excluding hydrogens is 266 g/mol. The van der Waals surface area contributed by atoms with Gasteiger partial charge in [-0.1, -0.05) is 0 Å².